The second-order valence-electron chi connectivity index (χ2n) is 6.06. The minimum absolute atomic E-state index is 0.0111. The third kappa shape index (κ3) is 2.39. The second-order valence-corrected chi connectivity index (χ2v) is 7.16. The van der Waals surface area contributed by atoms with E-state index in [-0.39, 0.29) is 17.3 Å². The van der Waals surface area contributed by atoms with Crippen LogP contribution in [0.15, 0.2) is 12.7 Å². The van der Waals surface area contributed by atoms with Crippen molar-refractivity contribution in [3.63, 3.8) is 0 Å². The van der Waals surface area contributed by atoms with Crippen LogP contribution in [0.3, 0.4) is 0 Å². The Labute approximate surface area is 117 Å². The zero-order chi connectivity index (χ0) is 14.4. The summed E-state index contributed by atoms with van der Waals surface area (Å²) in [5, 5.41) is -0.0111. The van der Waals surface area contributed by atoms with Gasteiger partial charge in [0.25, 0.3) is 0 Å². The molecule has 2 saturated heterocycles. The van der Waals surface area contributed by atoms with Crippen molar-refractivity contribution in [2.24, 2.45) is 11.1 Å². The molecule has 2 heterocycles. The number of esters is 1. The standard InChI is InChI=1S/C13H20N2O3S/c1-5-13(11(17)18-12(2,3)4)6-15-9(16)8(14)10(15)19-7-13/h5,8,10H,1,6-7,14H2,2-4H3/t8?,10-,13?/m1/s1. The molecule has 0 aromatic carbocycles. The molecule has 3 atom stereocenters. The van der Waals surface area contributed by atoms with Gasteiger partial charge in [0.1, 0.15) is 22.4 Å². The van der Waals surface area contributed by atoms with Gasteiger partial charge >= 0.3 is 5.97 Å². The third-order valence-electron chi connectivity index (χ3n) is 3.34. The van der Waals surface area contributed by atoms with Crippen LogP contribution in [0.4, 0.5) is 0 Å². The van der Waals surface area contributed by atoms with Crippen molar-refractivity contribution in [2.75, 3.05) is 12.3 Å². The molecule has 0 saturated carbocycles. The predicted molar refractivity (Wildman–Crippen MR) is 74.4 cm³/mol. The summed E-state index contributed by atoms with van der Waals surface area (Å²) in [4.78, 5) is 25.7. The minimum Gasteiger partial charge on any atom is -0.459 e. The number of carbonyl (C=O) groups is 2. The molecule has 0 aromatic heterocycles. The summed E-state index contributed by atoms with van der Waals surface area (Å²) in [6.45, 7) is 9.54. The summed E-state index contributed by atoms with van der Waals surface area (Å²) in [6.07, 6.45) is 1.60. The van der Waals surface area contributed by atoms with E-state index in [1.54, 1.807) is 11.0 Å². The molecular weight excluding hydrogens is 264 g/mol. The van der Waals surface area contributed by atoms with E-state index < -0.39 is 17.1 Å². The summed E-state index contributed by atoms with van der Waals surface area (Å²) in [7, 11) is 0. The highest BCUT2D eigenvalue weighted by molar-refractivity contribution is 8.00. The normalized spacial score (nSPS) is 34.3. The molecule has 2 fully saturated rings. The first-order chi connectivity index (χ1) is 8.70. The van der Waals surface area contributed by atoms with Crippen molar-refractivity contribution in [3.05, 3.63) is 12.7 Å². The highest BCUT2D eigenvalue weighted by Crippen LogP contribution is 2.42. The van der Waals surface area contributed by atoms with E-state index in [0.717, 1.165) is 0 Å². The van der Waals surface area contributed by atoms with Crippen LogP contribution in [0.1, 0.15) is 20.8 Å². The monoisotopic (exact) mass is 284 g/mol. The Morgan fingerprint density at radius 1 is 1.63 bits per heavy atom. The molecule has 2 aliphatic rings. The van der Waals surface area contributed by atoms with Gasteiger partial charge in [-0.25, -0.2) is 0 Å². The van der Waals surface area contributed by atoms with E-state index in [1.165, 1.54) is 11.8 Å². The van der Waals surface area contributed by atoms with Gasteiger partial charge in [0.15, 0.2) is 0 Å². The Bertz CT molecular complexity index is 432. The van der Waals surface area contributed by atoms with Gasteiger partial charge < -0.3 is 15.4 Å². The van der Waals surface area contributed by atoms with Crippen LogP contribution in [0.2, 0.25) is 0 Å². The first kappa shape index (κ1) is 14.4. The van der Waals surface area contributed by atoms with Gasteiger partial charge in [-0.2, -0.15) is 0 Å². The second kappa shape index (κ2) is 4.52. The van der Waals surface area contributed by atoms with Gasteiger partial charge in [-0.3, -0.25) is 9.59 Å². The molecule has 0 aliphatic carbocycles. The number of nitrogens with zero attached hydrogens (tertiary/aromatic N) is 1. The quantitative estimate of drug-likeness (QED) is 0.460. The van der Waals surface area contributed by atoms with Crippen LogP contribution in [0.25, 0.3) is 0 Å². The summed E-state index contributed by atoms with van der Waals surface area (Å²) < 4.78 is 5.45. The van der Waals surface area contributed by atoms with E-state index >= 15 is 0 Å². The van der Waals surface area contributed by atoms with Crippen LogP contribution in [0, 0.1) is 5.41 Å². The predicted octanol–water partition coefficient (Wildman–Crippen LogP) is 0.743. The minimum atomic E-state index is -0.829. The lowest BCUT2D eigenvalue weighted by atomic mass is 9.87. The molecule has 1 amide bonds. The average Bonchev–Trinajstić information content (AvgIpc) is 2.34. The summed E-state index contributed by atoms with van der Waals surface area (Å²) in [5.41, 5.74) is 4.35. The zero-order valence-electron chi connectivity index (χ0n) is 11.5. The van der Waals surface area contributed by atoms with Crippen LogP contribution in [-0.2, 0) is 14.3 Å². The SMILES string of the molecule is C=CC1(C(=O)OC(C)(C)C)CS[C@@H]2C(N)C(=O)N2C1. The van der Waals surface area contributed by atoms with E-state index in [0.29, 0.717) is 12.3 Å². The number of rotatable bonds is 2. The smallest absolute Gasteiger partial charge is 0.319 e. The van der Waals surface area contributed by atoms with Crippen molar-refractivity contribution in [2.45, 2.75) is 37.8 Å². The highest BCUT2D eigenvalue weighted by Gasteiger charge is 2.55. The van der Waals surface area contributed by atoms with Crippen molar-refractivity contribution < 1.29 is 14.3 Å². The van der Waals surface area contributed by atoms with Gasteiger partial charge in [-0.15, -0.1) is 18.3 Å². The molecule has 2 unspecified atom stereocenters. The molecule has 5 nitrogen and oxygen atoms in total. The van der Waals surface area contributed by atoms with Gasteiger partial charge in [-0.05, 0) is 20.8 Å². The largest absolute Gasteiger partial charge is 0.459 e. The Morgan fingerprint density at radius 3 is 2.79 bits per heavy atom. The van der Waals surface area contributed by atoms with Crippen molar-refractivity contribution in [1.82, 2.24) is 4.90 Å². The molecule has 2 rings (SSSR count). The van der Waals surface area contributed by atoms with Crippen molar-refractivity contribution in [1.29, 1.82) is 0 Å². The van der Waals surface area contributed by atoms with Crippen molar-refractivity contribution >= 4 is 23.6 Å². The highest BCUT2D eigenvalue weighted by atomic mass is 32.2. The van der Waals surface area contributed by atoms with Crippen LogP contribution in [0.5, 0.6) is 0 Å². The first-order valence-corrected chi connectivity index (χ1v) is 7.30. The number of thioether (sulfide) groups is 1. The summed E-state index contributed by atoms with van der Waals surface area (Å²) in [6, 6.07) is -0.438. The van der Waals surface area contributed by atoms with Gasteiger partial charge in [0, 0.05) is 12.3 Å². The Morgan fingerprint density at radius 2 is 2.26 bits per heavy atom. The lowest BCUT2D eigenvalue weighted by molar-refractivity contribution is -0.167. The topological polar surface area (TPSA) is 72.6 Å². The molecule has 6 heteroatoms. The Kier molecular flexibility index (Phi) is 3.43. The average molecular weight is 284 g/mol. The van der Waals surface area contributed by atoms with E-state index in [4.69, 9.17) is 10.5 Å². The molecule has 0 aromatic rings. The Hall–Kier alpha value is -1.01. The van der Waals surface area contributed by atoms with Gasteiger partial charge in [0.2, 0.25) is 5.91 Å². The molecule has 0 spiro atoms. The molecule has 2 aliphatic heterocycles. The maximum atomic E-state index is 12.4. The lowest BCUT2D eigenvalue weighted by Gasteiger charge is -2.52. The van der Waals surface area contributed by atoms with Crippen LogP contribution < -0.4 is 5.73 Å². The zero-order valence-corrected chi connectivity index (χ0v) is 12.3. The maximum absolute atomic E-state index is 12.4. The van der Waals surface area contributed by atoms with Gasteiger partial charge in [-0.1, -0.05) is 6.08 Å². The summed E-state index contributed by atoms with van der Waals surface area (Å²) in [5.74, 6) is 0.120. The fraction of sp³-hybridized carbons (Fsp3) is 0.692. The lowest BCUT2D eigenvalue weighted by Crippen LogP contribution is -2.72. The van der Waals surface area contributed by atoms with Crippen LogP contribution >= 0.6 is 11.8 Å². The molecule has 19 heavy (non-hydrogen) atoms. The van der Waals surface area contributed by atoms with Gasteiger partial charge in [0.05, 0.1) is 0 Å². The van der Waals surface area contributed by atoms with E-state index in [2.05, 4.69) is 6.58 Å². The maximum Gasteiger partial charge on any atom is 0.319 e. The number of fused-ring (bicyclic) bond motifs is 1. The molecule has 0 radical (unpaired) electrons. The molecule has 0 bridgehead atoms. The van der Waals surface area contributed by atoms with E-state index in [1.807, 2.05) is 20.8 Å². The number of hydrogen-bond acceptors (Lipinski definition) is 5. The number of nitrogens with two attached hydrogens (primary N) is 1. The van der Waals surface area contributed by atoms with E-state index in [9.17, 15) is 9.59 Å². The number of β-lactam (4-membered cyclic amide) rings is 1. The fourth-order valence-corrected chi connectivity index (χ4v) is 3.68. The van der Waals surface area contributed by atoms with Crippen molar-refractivity contribution in [3.8, 4) is 0 Å². The number of amides is 1. The molecule has 2 N–H and O–H groups in total. The first-order valence-electron chi connectivity index (χ1n) is 6.25. The Balaban J connectivity index is 2.14. The number of carbonyl (C=O) groups excluding carboxylic acids is 2. The number of ether oxygens (including phenoxy) is 1. The summed E-state index contributed by atoms with van der Waals surface area (Å²) >= 11 is 1.52. The third-order valence-corrected chi connectivity index (χ3v) is 4.91. The fourth-order valence-electron chi connectivity index (χ4n) is 2.21. The van der Waals surface area contributed by atoms with Crippen LogP contribution in [-0.4, -0.2) is 46.1 Å². The molecule has 106 valence electrons. The number of hydrogen-bond donors (Lipinski definition) is 1. The molecular formula is C13H20N2O3S.